The first-order chi connectivity index (χ1) is 18.6. The molecule has 3 aromatic carbocycles. The van der Waals surface area contributed by atoms with Crippen molar-refractivity contribution in [1.29, 1.82) is 0 Å². The van der Waals surface area contributed by atoms with E-state index in [4.69, 9.17) is 9.47 Å². The lowest BCUT2D eigenvalue weighted by Crippen LogP contribution is -2.48. The van der Waals surface area contributed by atoms with Gasteiger partial charge in [-0.05, 0) is 84.0 Å². The maximum Gasteiger partial charge on any atom is 0.304 e. The van der Waals surface area contributed by atoms with Gasteiger partial charge in [-0.1, -0.05) is 30.3 Å². The average molecular weight is 552 g/mol. The van der Waals surface area contributed by atoms with Crippen molar-refractivity contribution in [2.75, 3.05) is 36.6 Å². The maximum absolute atomic E-state index is 11.3. The van der Waals surface area contributed by atoms with Crippen LogP contribution in [0.15, 0.2) is 60.7 Å². The van der Waals surface area contributed by atoms with Crippen molar-refractivity contribution < 1.29 is 28.5 Å². The lowest BCUT2D eigenvalue weighted by molar-refractivity contribution is -0.145. The third-order valence-corrected chi connectivity index (χ3v) is 9.70. The van der Waals surface area contributed by atoms with Crippen LogP contribution in [-0.2, 0) is 21.5 Å². The SMILES string of the molecule is Cc1cc(OCC2CCS(O)(O)C2)cc(C)c1-c1cccc(CNc2ccc(C3(CC(=O)O)COC3)cc2)c1. The van der Waals surface area contributed by atoms with Crippen LogP contribution in [0.25, 0.3) is 11.1 Å². The minimum atomic E-state index is -2.41. The first kappa shape index (κ1) is 27.5. The number of carbonyl (C=O) groups is 1. The number of rotatable bonds is 10. The van der Waals surface area contributed by atoms with Crippen LogP contribution in [-0.4, -0.2) is 51.5 Å². The molecule has 208 valence electrons. The van der Waals surface area contributed by atoms with E-state index in [0.29, 0.717) is 37.9 Å². The van der Waals surface area contributed by atoms with Crippen molar-refractivity contribution in [3.63, 3.8) is 0 Å². The van der Waals surface area contributed by atoms with Gasteiger partial charge in [0.15, 0.2) is 0 Å². The van der Waals surface area contributed by atoms with Gasteiger partial charge in [0.05, 0.1) is 31.7 Å². The number of hydrogen-bond donors (Lipinski definition) is 4. The van der Waals surface area contributed by atoms with Gasteiger partial charge in [0.1, 0.15) is 5.75 Å². The molecule has 0 amide bonds. The monoisotopic (exact) mass is 551 g/mol. The van der Waals surface area contributed by atoms with E-state index in [1.54, 1.807) is 0 Å². The summed E-state index contributed by atoms with van der Waals surface area (Å²) < 4.78 is 31.1. The van der Waals surface area contributed by atoms with Gasteiger partial charge in [0.2, 0.25) is 0 Å². The molecule has 2 fully saturated rings. The summed E-state index contributed by atoms with van der Waals surface area (Å²) in [6, 6.07) is 20.6. The normalized spacial score (nSPS) is 20.2. The van der Waals surface area contributed by atoms with Gasteiger partial charge in [-0.3, -0.25) is 13.9 Å². The Hall–Kier alpha value is -3.04. The standard InChI is InChI=1S/C31H37NO6S/c1-21-12-28(38-17-24-10-11-39(35,36)18-24)13-22(2)30(21)25-5-3-4-23(14-25)16-32-27-8-6-26(7-9-27)31(15-29(33)34)19-37-20-31/h3-9,12-14,24,32,35-36H,10-11,15-20H2,1-2H3,(H,33,34). The molecular formula is C31H37NO6S. The molecule has 0 bridgehead atoms. The smallest absolute Gasteiger partial charge is 0.304 e. The third kappa shape index (κ3) is 6.41. The summed E-state index contributed by atoms with van der Waals surface area (Å²) in [5.74, 6) is 1.12. The Morgan fingerprint density at radius 1 is 1.08 bits per heavy atom. The van der Waals surface area contributed by atoms with E-state index in [2.05, 4.69) is 55.6 Å². The van der Waals surface area contributed by atoms with Crippen molar-refractivity contribution in [2.45, 2.75) is 38.6 Å². The number of carboxylic acids is 1. The molecule has 2 aliphatic heterocycles. The summed E-state index contributed by atoms with van der Waals surface area (Å²) in [6.45, 7) is 6.25. The quantitative estimate of drug-likeness (QED) is 0.229. The second-order valence-electron chi connectivity index (χ2n) is 11.0. The largest absolute Gasteiger partial charge is 0.493 e. The van der Waals surface area contributed by atoms with Crippen LogP contribution in [0.2, 0.25) is 0 Å². The summed E-state index contributed by atoms with van der Waals surface area (Å²) in [5, 5.41) is 12.8. The molecule has 1 atom stereocenters. The number of ether oxygens (including phenoxy) is 2. The number of aryl methyl sites for hydroxylation is 2. The Labute approximate surface area is 231 Å². The van der Waals surface area contributed by atoms with Gasteiger partial charge in [-0.15, -0.1) is 0 Å². The molecule has 0 aliphatic carbocycles. The Bertz CT molecular complexity index is 1310. The van der Waals surface area contributed by atoms with Gasteiger partial charge in [0, 0.05) is 29.7 Å². The number of carboxylic acid groups (broad SMARTS) is 1. The zero-order valence-corrected chi connectivity index (χ0v) is 23.3. The number of hydrogen-bond acceptors (Lipinski definition) is 6. The first-order valence-electron chi connectivity index (χ1n) is 13.3. The molecule has 2 aliphatic rings. The Morgan fingerprint density at radius 2 is 1.79 bits per heavy atom. The predicted octanol–water partition coefficient (Wildman–Crippen LogP) is 6.47. The van der Waals surface area contributed by atoms with Crippen molar-refractivity contribution in [3.8, 4) is 16.9 Å². The van der Waals surface area contributed by atoms with Gasteiger partial charge in [-0.2, -0.15) is 10.6 Å². The van der Waals surface area contributed by atoms with E-state index in [1.807, 2.05) is 24.3 Å². The third-order valence-electron chi connectivity index (χ3n) is 7.80. The summed E-state index contributed by atoms with van der Waals surface area (Å²) in [5.41, 5.74) is 7.33. The van der Waals surface area contributed by atoms with Crippen LogP contribution in [0.5, 0.6) is 5.75 Å². The number of aliphatic carboxylic acids is 1. The van der Waals surface area contributed by atoms with E-state index in [-0.39, 0.29) is 12.3 Å². The number of nitrogens with one attached hydrogen (secondary N) is 1. The second-order valence-corrected chi connectivity index (χ2v) is 13.4. The maximum atomic E-state index is 11.3. The molecule has 0 radical (unpaired) electrons. The minimum absolute atomic E-state index is 0.0773. The van der Waals surface area contributed by atoms with E-state index in [0.717, 1.165) is 45.7 Å². The van der Waals surface area contributed by atoms with E-state index in [1.165, 1.54) is 5.56 Å². The van der Waals surface area contributed by atoms with Crippen molar-refractivity contribution in [1.82, 2.24) is 0 Å². The molecule has 5 rings (SSSR count). The molecule has 3 aromatic rings. The molecule has 4 N–H and O–H groups in total. The van der Waals surface area contributed by atoms with Gasteiger partial charge < -0.3 is 19.9 Å². The highest BCUT2D eigenvalue weighted by molar-refractivity contribution is 8.24. The highest BCUT2D eigenvalue weighted by atomic mass is 32.3. The zero-order chi connectivity index (χ0) is 27.6. The summed E-state index contributed by atoms with van der Waals surface area (Å²) in [4.78, 5) is 11.3. The fraction of sp³-hybridized carbons (Fsp3) is 0.387. The van der Waals surface area contributed by atoms with Crippen LogP contribution in [0.4, 0.5) is 5.69 Å². The fourth-order valence-corrected chi connectivity index (χ4v) is 7.59. The molecule has 2 saturated heterocycles. The fourth-order valence-electron chi connectivity index (χ4n) is 5.70. The molecular weight excluding hydrogens is 514 g/mol. The van der Waals surface area contributed by atoms with E-state index >= 15 is 0 Å². The predicted molar refractivity (Wildman–Crippen MR) is 156 cm³/mol. The van der Waals surface area contributed by atoms with E-state index in [9.17, 15) is 19.0 Å². The van der Waals surface area contributed by atoms with Crippen molar-refractivity contribution in [3.05, 3.63) is 82.9 Å². The van der Waals surface area contributed by atoms with E-state index < -0.39 is 22.0 Å². The van der Waals surface area contributed by atoms with Crippen LogP contribution >= 0.6 is 10.6 Å². The molecule has 0 aromatic heterocycles. The van der Waals surface area contributed by atoms with Crippen molar-refractivity contribution >= 4 is 22.2 Å². The highest BCUT2D eigenvalue weighted by Gasteiger charge is 2.42. The van der Waals surface area contributed by atoms with Gasteiger partial charge in [0.25, 0.3) is 0 Å². The summed E-state index contributed by atoms with van der Waals surface area (Å²) in [7, 11) is -2.41. The minimum Gasteiger partial charge on any atom is -0.493 e. The van der Waals surface area contributed by atoms with Crippen LogP contribution in [0.1, 0.15) is 35.1 Å². The number of benzene rings is 3. The average Bonchev–Trinajstić information content (AvgIpc) is 3.22. The first-order valence-corrected chi connectivity index (χ1v) is 15.2. The summed E-state index contributed by atoms with van der Waals surface area (Å²) >= 11 is 0. The Morgan fingerprint density at radius 3 is 2.38 bits per heavy atom. The molecule has 0 spiro atoms. The highest BCUT2D eigenvalue weighted by Crippen LogP contribution is 2.48. The Balaban J connectivity index is 1.22. The topological polar surface area (TPSA) is 108 Å². The van der Waals surface area contributed by atoms with Gasteiger partial charge in [-0.25, -0.2) is 0 Å². The molecule has 0 saturated carbocycles. The molecule has 7 nitrogen and oxygen atoms in total. The van der Waals surface area contributed by atoms with Crippen LogP contribution < -0.4 is 10.1 Å². The number of anilines is 1. The Kier molecular flexibility index (Phi) is 7.91. The molecule has 8 heteroatoms. The lowest BCUT2D eigenvalue weighted by Gasteiger charge is -2.40. The molecule has 39 heavy (non-hydrogen) atoms. The van der Waals surface area contributed by atoms with Crippen molar-refractivity contribution in [2.24, 2.45) is 5.92 Å². The van der Waals surface area contributed by atoms with Crippen LogP contribution in [0, 0.1) is 19.8 Å². The molecule has 1 unspecified atom stereocenters. The summed E-state index contributed by atoms with van der Waals surface area (Å²) in [6.07, 6.45) is 0.873. The lowest BCUT2D eigenvalue weighted by atomic mass is 9.76. The second kappa shape index (κ2) is 11.2. The van der Waals surface area contributed by atoms with Gasteiger partial charge >= 0.3 is 5.97 Å². The zero-order valence-electron chi connectivity index (χ0n) is 22.5. The molecule has 2 heterocycles. The van der Waals surface area contributed by atoms with Crippen LogP contribution in [0.3, 0.4) is 0 Å².